The molecule has 2 aromatic rings. The van der Waals surface area contributed by atoms with Crippen LogP contribution < -0.4 is 15.1 Å². The second-order valence-corrected chi connectivity index (χ2v) is 6.04. The van der Waals surface area contributed by atoms with Crippen molar-refractivity contribution in [2.75, 3.05) is 61.6 Å². The SMILES string of the molecule is COCCNc1cc(C)nc(N2CCN(c3ccccc3F)CC2)n1. The molecule has 1 aliphatic heterocycles. The molecule has 134 valence electrons. The smallest absolute Gasteiger partial charge is 0.227 e. The fourth-order valence-corrected chi connectivity index (χ4v) is 2.92. The summed E-state index contributed by atoms with van der Waals surface area (Å²) in [5.74, 6) is 1.34. The van der Waals surface area contributed by atoms with Crippen molar-refractivity contribution in [1.29, 1.82) is 0 Å². The number of nitrogens with one attached hydrogen (secondary N) is 1. The third-order valence-electron chi connectivity index (χ3n) is 4.21. The Bertz CT molecular complexity index is 704. The van der Waals surface area contributed by atoms with E-state index in [0.717, 1.165) is 37.7 Å². The summed E-state index contributed by atoms with van der Waals surface area (Å²) in [6.07, 6.45) is 0. The van der Waals surface area contributed by atoms with E-state index in [0.29, 0.717) is 24.8 Å². The highest BCUT2D eigenvalue weighted by Gasteiger charge is 2.21. The van der Waals surface area contributed by atoms with Crippen molar-refractivity contribution in [3.05, 3.63) is 41.8 Å². The molecule has 1 aliphatic rings. The fourth-order valence-electron chi connectivity index (χ4n) is 2.92. The number of methoxy groups -OCH3 is 1. The number of halogens is 1. The van der Waals surface area contributed by atoms with Gasteiger partial charge in [-0.25, -0.2) is 9.37 Å². The van der Waals surface area contributed by atoms with Gasteiger partial charge in [-0.3, -0.25) is 0 Å². The Morgan fingerprint density at radius 3 is 2.56 bits per heavy atom. The van der Waals surface area contributed by atoms with Gasteiger partial charge >= 0.3 is 0 Å². The number of aryl methyl sites for hydroxylation is 1. The zero-order chi connectivity index (χ0) is 17.6. The first kappa shape index (κ1) is 17.4. The monoisotopic (exact) mass is 345 g/mol. The van der Waals surface area contributed by atoms with Crippen LogP contribution >= 0.6 is 0 Å². The summed E-state index contributed by atoms with van der Waals surface area (Å²) in [4.78, 5) is 13.4. The number of benzene rings is 1. The highest BCUT2D eigenvalue weighted by atomic mass is 19.1. The van der Waals surface area contributed by atoms with Gasteiger partial charge in [-0.15, -0.1) is 0 Å². The van der Waals surface area contributed by atoms with Crippen LogP contribution in [-0.4, -0.2) is 56.4 Å². The van der Waals surface area contributed by atoms with Gasteiger partial charge in [0.05, 0.1) is 12.3 Å². The summed E-state index contributed by atoms with van der Waals surface area (Å²) in [5.41, 5.74) is 1.58. The normalized spacial score (nSPS) is 14.7. The first-order valence-corrected chi connectivity index (χ1v) is 8.50. The first-order valence-electron chi connectivity index (χ1n) is 8.50. The van der Waals surface area contributed by atoms with Gasteiger partial charge in [0.25, 0.3) is 0 Å². The lowest BCUT2D eigenvalue weighted by Gasteiger charge is -2.36. The van der Waals surface area contributed by atoms with Crippen LogP contribution in [0.15, 0.2) is 30.3 Å². The van der Waals surface area contributed by atoms with Crippen LogP contribution in [0.3, 0.4) is 0 Å². The molecule has 0 unspecified atom stereocenters. The molecule has 25 heavy (non-hydrogen) atoms. The topological polar surface area (TPSA) is 53.5 Å². The molecule has 7 heteroatoms. The summed E-state index contributed by atoms with van der Waals surface area (Å²) in [5, 5.41) is 3.25. The van der Waals surface area contributed by atoms with E-state index in [9.17, 15) is 4.39 Å². The van der Waals surface area contributed by atoms with Crippen molar-refractivity contribution >= 4 is 17.5 Å². The molecule has 0 radical (unpaired) electrons. The molecule has 1 aromatic carbocycles. The number of nitrogens with zero attached hydrogens (tertiary/aromatic N) is 4. The summed E-state index contributed by atoms with van der Waals surface area (Å²) in [6, 6.07) is 8.84. The predicted octanol–water partition coefficient (Wildman–Crippen LogP) is 2.31. The maximum absolute atomic E-state index is 13.9. The van der Waals surface area contributed by atoms with Crippen LogP contribution in [0.4, 0.5) is 21.8 Å². The van der Waals surface area contributed by atoms with Gasteiger partial charge in [-0.05, 0) is 19.1 Å². The van der Waals surface area contributed by atoms with E-state index >= 15 is 0 Å². The minimum atomic E-state index is -0.174. The van der Waals surface area contributed by atoms with Gasteiger partial charge in [0.1, 0.15) is 11.6 Å². The van der Waals surface area contributed by atoms with E-state index in [4.69, 9.17) is 4.74 Å². The highest BCUT2D eigenvalue weighted by Crippen LogP contribution is 2.22. The zero-order valence-corrected chi connectivity index (χ0v) is 14.7. The number of hydrogen-bond acceptors (Lipinski definition) is 6. The van der Waals surface area contributed by atoms with E-state index in [1.807, 2.05) is 25.1 Å². The molecule has 1 fully saturated rings. The average Bonchev–Trinajstić information content (AvgIpc) is 2.62. The first-order chi connectivity index (χ1) is 12.2. The molecule has 2 heterocycles. The van der Waals surface area contributed by atoms with Crippen molar-refractivity contribution in [1.82, 2.24) is 9.97 Å². The molecule has 0 amide bonds. The molecule has 0 spiro atoms. The molecule has 0 atom stereocenters. The van der Waals surface area contributed by atoms with Crippen LogP contribution in [0, 0.1) is 12.7 Å². The Morgan fingerprint density at radius 2 is 1.84 bits per heavy atom. The molecule has 0 saturated carbocycles. The molecule has 1 aromatic heterocycles. The van der Waals surface area contributed by atoms with Crippen LogP contribution in [0.25, 0.3) is 0 Å². The average molecular weight is 345 g/mol. The Labute approximate surface area is 147 Å². The molecule has 6 nitrogen and oxygen atoms in total. The van der Waals surface area contributed by atoms with Gasteiger partial charge in [0, 0.05) is 51.6 Å². The molecule has 1 saturated heterocycles. The zero-order valence-electron chi connectivity index (χ0n) is 14.7. The summed E-state index contributed by atoms with van der Waals surface area (Å²) >= 11 is 0. The number of para-hydroxylation sites is 1. The third-order valence-corrected chi connectivity index (χ3v) is 4.21. The van der Waals surface area contributed by atoms with Gasteiger partial charge < -0.3 is 19.9 Å². The van der Waals surface area contributed by atoms with Crippen molar-refractivity contribution in [3.8, 4) is 0 Å². The second kappa shape index (κ2) is 8.11. The van der Waals surface area contributed by atoms with E-state index in [-0.39, 0.29) is 5.82 Å². The van der Waals surface area contributed by atoms with Crippen LogP contribution in [0.5, 0.6) is 0 Å². The number of anilines is 3. The number of piperazine rings is 1. The van der Waals surface area contributed by atoms with Crippen molar-refractivity contribution in [3.63, 3.8) is 0 Å². The maximum Gasteiger partial charge on any atom is 0.227 e. The number of rotatable bonds is 6. The lowest BCUT2D eigenvalue weighted by molar-refractivity contribution is 0.210. The largest absolute Gasteiger partial charge is 0.383 e. The van der Waals surface area contributed by atoms with E-state index in [2.05, 4.69) is 25.1 Å². The van der Waals surface area contributed by atoms with Crippen molar-refractivity contribution in [2.45, 2.75) is 6.92 Å². The molecule has 1 N–H and O–H groups in total. The summed E-state index contributed by atoms with van der Waals surface area (Å²) < 4.78 is 19.0. The van der Waals surface area contributed by atoms with Gasteiger partial charge in [-0.1, -0.05) is 12.1 Å². The molecular weight excluding hydrogens is 321 g/mol. The van der Waals surface area contributed by atoms with Crippen LogP contribution in [0.2, 0.25) is 0 Å². The minimum Gasteiger partial charge on any atom is -0.383 e. The van der Waals surface area contributed by atoms with Crippen molar-refractivity contribution < 1.29 is 9.13 Å². The third kappa shape index (κ3) is 4.36. The highest BCUT2D eigenvalue weighted by molar-refractivity contribution is 5.50. The summed E-state index contributed by atoms with van der Waals surface area (Å²) in [6.45, 7) is 6.29. The van der Waals surface area contributed by atoms with E-state index in [1.54, 1.807) is 13.2 Å². The number of aromatic nitrogens is 2. The minimum absolute atomic E-state index is 0.174. The standard InChI is InChI=1S/C18H24FN5O/c1-14-13-17(20-7-12-25-2)22-18(21-14)24-10-8-23(9-11-24)16-6-4-3-5-15(16)19/h3-6,13H,7-12H2,1-2H3,(H,20,21,22). The summed E-state index contributed by atoms with van der Waals surface area (Å²) in [7, 11) is 1.67. The quantitative estimate of drug-likeness (QED) is 0.811. The Morgan fingerprint density at radius 1 is 1.12 bits per heavy atom. The van der Waals surface area contributed by atoms with Crippen LogP contribution in [0.1, 0.15) is 5.69 Å². The number of hydrogen-bond donors (Lipinski definition) is 1. The second-order valence-electron chi connectivity index (χ2n) is 6.04. The van der Waals surface area contributed by atoms with E-state index < -0.39 is 0 Å². The molecule has 0 aliphatic carbocycles. The Hall–Kier alpha value is -2.41. The van der Waals surface area contributed by atoms with Crippen molar-refractivity contribution in [2.24, 2.45) is 0 Å². The molecule has 0 bridgehead atoms. The lowest BCUT2D eigenvalue weighted by atomic mass is 10.2. The van der Waals surface area contributed by atoms with Gasteiger partial charge in [0.15, 0.2) is 0 Å². The van der Waals surface area contributed by atoms with E-state index in [1.165, 1.54) is 6.07 Å². The Balaban J connectivity index is 1.65. The fraction of sp³-hybridized carbons (Fsp3) is 0.444. The van der Waals surface area contributed by atoms with Crippen LogP contribution in [-0.2, 0) is 4.74 Å². The lowest BCUT2D eigenvalue weighted by Crippen LogP contribution is -2.47. The van der Waals surface area contributed by atoms with Gasteiger partial charge in [0.2, 0.25) is 5.95 Å². The predicted molar refractivity (Wildman–Crippen MR) is 98.0 cm³/mol. The molecule has 3 rings (SSSR count). The van der Waals surface area contributed by atoms with Gasteiger partial charge in [-0.2, -0.15) is 4.98 Å². The number of ether oxygens (including phenoxy) is 1. The Kier molecular flexibility index (Phi) is 5.65. The maximum atomic E-state index is 13.9. The molecular formula is C18H24FN5O.